The van der Waals surface area contributed by atoms with Crippen molar-refractivity contribution >= 4 is 16.7 Å². The molecule has 1 aliphatic heterocycles. The van der Waals surface area contributed by atoms with Crippen LogP contribution >= 0.6 is 0 Å². The molecule has 1 unspecified atom stereocenters. The quantitative estimate of drug-likeness (QED) is 0.561. The molecular formula is C22H27N5O. The number of fused-ring (bicyclic) bond motifs is 1. The van der Waals surface area contributed by atoms with E-state index in [1.807, 2.05) is 24.1 Å². The first-order chi connectivity index (χ1) is 13.7. The van der Waals surface area contributed by atoms with Crippen LogP contribution in [0, 0.1) is 0 Å². The van der Waals surface area contributed by atoms with Crippen molar-refractivity contribution < 1.29 is 4.74 Å². The van der Waals surface area contributed by atoms with E-state index in [0.29, 0.717) is 13.2 Å². The van der Waals surface area contributed by atoms with Crippen LogP contribution in [0.1, 0.15) is 24.2 Å². The van der Waals surface area contributed by atoms with Gasteiger partial charge in [-0.25, -0.2) is 4.99 Å². The van der Waals surface area contributed by atoms with Crippen molar-refractivity contribution in [1.82, 2.24) is 20.0 Å². The van der Waals surface area contributed by atoms with Gasteiger partial charge in [0, 0.05) is 31.9 Å². The molecular weight excluding hydrogens is 350 g/mol. The molecule has 3 aromatic rings. The number of morpholine rings is 1. The number of aliphatic imine (C=N–C) groups is 1. The summed E-state index contributed by atoms with van der Waals surface area (Å²) in [6.45, 7) is 5.87. The lowest BCUT2D eigenvalue weighted by Gasteiger charge is -2.34. The largest absolute Gasteiger partial charge is 0.370 e. The van der Waals surface area contributed by atoms with E-state index in [1.54, 1.807) is 0 Å². The molecule has 1 aliphatic rings. The second kappa shape index (κ2) is 8.44. The first-order valence-corrected chi connectivity index (χ1v) is 9.84. The summed E-state index contributed by atoms with van der Waals surface area (Å²) >= 11 is 0. The van der Waals surface area contributed by atoms with Crippen molar-refractivity contribution in [3.63, 3.8) is 0 Å². The van der Waals surface area contributed by atoms with Crippen LogP contribution in [-0.4, -0.2) is 46.9 Å². The minimum Gasteiger partial charge on any atom is -0.370 e. The molecule has 146 valence electrons. The summed E-state index contributed by atoms with van der Waals surface area (Å²) in [5.41, 5.74) is 2.35. The Balaban J connectivity index is 1.54. The highest BCUT2D eigenvalue weighted by Gasteiger charge is 2.25. The standard InChI is InChI=1S/C22H27N5O/c1-3-23-22(24-13-18-9-6-8-17-7-4-5-10-20(17)18)27-11-12-28-21(16-27)19-14-25-26(2)15-19/h4-10,14-15,21H,3,11-13,16H2,1-2H3,(H,23,24). The summed E-state index contributed by atoms with van der Waals surface area (Å²) in [5, 5.41) is 10.2. The molecule has 4 rings (SSSR count). The zero-order valence-corrected chi connectivity index (χ0v) is 16.5. The van der Waals surface area contributed by atoms with Crippen molar-refractivity contribution in [2.45, 2.75) is 19.6 Å². The van der Waals surface area contributed by atoms with Crippen LogP contribution in [0.25, 0.3) is 10.8 Å². The molecule has 2 heterocycles. The van der Waals surface area contributed by atoms with Gasteiger partial charge < -0.3 is 15.0 Å². The maximum atomic E-state index is 5.98. The molecule has 6 nitrogen and oxygen atoms in total. The number of guanidine groups is 1. The molecule has 1 atom stereocenters. The number of benzene rings is 2. The summed E-state index contributed by atoms with van der Waals surface area (Å²) in [6.07, 6.45) is 3.92. The fraction of sp³-hybridized carbons (Fsp3) is 0.364. The summed E-state index contributed by atoms with van der Waals surface area (Å²) < 4.78 is 7.80. The molecule has 1 fully saturated rings. The van der Waals surface area contributed by atoms with Crippen molar-refractivity contribution in [3.8, 4) is 0 Å². The van der Waals surface area contributed by atoms with Gasteiger partial charge >= 0.3 is 0 Å². The highest BCUT2D eigenvalue weighted by molar-refractivity contribution is 5.86. The summed E-state index contributed by atoms with van der Waals surface area (Å²) in [6, 6.07) is 14.9. The lowest BCUT2D eigenvalue weighted by atomic mass is 10.0. The molecule has 1 N–H and O–H groups in total. The van der Waals surface area contributed by atoms with E-state index in [2.05, 4.69) is 64.7 Å². The van der Waals surface area contributed by atoms with Gasteiger partial charge in [0.15, 0.2) is 5.96 Å². The molecule has 0 saturated carbocycles. The third-order valence-corrected chi connectivity index (χ3v) is 5.08. The minimum absolute atomic E-state index is 0.0175. The van der Waals surface area contributed by atoms with E-state index in [-0.39, 0.29) is 6.10 Å². The van der Waals surface area contributed by atoms with Crippen molar-refractivity contribution in [2.24, 2.45) is 12.0 Å². The number of hydrogen-bond acceptors (Lipinski definition) is 3. The Morgan fingerprint density at radius 1 is 1.25 bits per heavy atom. The van der Waals surface area contributed by atoms with Gasteiger partial charge in [-0.1, -0.05) is 42.5 Å². The van der Waals surface area contributed by atoms with Gasteiger partial charge in [-0.05, 0) is 23.3 Å². The Hall–Kier alpha value is -2.86. The smallest absolute Gasteiger partial charge is 0.194 e. The normalized spacial score (nSPS) is 17.9. The van der Waals surface area contributed by atoms with Crippen LogP contribution in [-0.2, 0) is 18.3 Å². The third-order valence-electron chi connectivity index (χ3n) is 5.08. The molecule has 1 aromatic heterocycles. The van der Waals surface area contributed by atoms with E-state index in [9.17, 15) is 0 Å². The molecule has 0 bridgehead atoms. The van der Waals surface area contributed by atoms with Crippen molar-refractivity contribution in [3.05, 3.63) is 66.0 Å². The highest BCUT2D eigenvalue weighted by atomic mass is 16.5. The first-order valence-electron chi connectivity index (χ1n) is 9.84. The maximum Gasteiger partial charge on any atom is 0.194 e. The van der Waals surface area contributed by atoms with E-state index >= 15 is 0 Å². The molecule has 2 aromatic carbocycles. The topological polar surface area (TPSA) is 54.7 Å². The summed E-state index contributed by atoms with van der Waals surface area (Å²) in [4.78, 5) is 7.23. The molecule has 0 aliphatic carbocycles. The van der Waals surface area contributed by atoms with Crippen LogP contribution < -0.4 is 5.32 Å². The Morgan fingerprint density at radius 2 is 2.11 bits per heavy atom. The number of aryl methyl sites for hydroxylation is 1. The number of nitrogens with zero attached hydrogens (tertiary/aromatic N) is 4. The number of nitrogens with one attached hydrogen (secondary N) is 1. The van der Waals surface area contributed by atoms with Gasteiger partial charge in [-0.2, -0.15) is 5.10 Å². The van der Waals surface area contributed by atoms with Gasteiger partial charge in [0.2, 0.25) is 0 Å². The summed E-state index contributed by atoms with van der Waals surface area (Å²) in [7, 11) is 1.93. The van der Waals surface area contributed by atoms with Crippen LogP contribution in [0.2, 0.25) is 0 Å². The minimum atomic E-state index is 0.0175. The number of hydrogen-bond donors (Lipinski definition) is 1. The summed E-state index contributed by atoms with van der Waals surface area (Å²) in [5.74, 6) is 0.938. The van der Waals surface area contributed by atoms with Gasteiger partial charge in [-0.3, -0.25) is 4.68 Å². The zero-order valence-electron chi connectivity index (χ0n) is 16.5. The molecule has 0 spiro atoms. The molecule has 0 radical (unpaired) electrons. The van der Waals surface area contributed by atoms with Gasteiger partial charge in [0.05, 0.1) is 25.9 Å². The molecule has 28 heavy (non-hydrogen) atoms. The second-order valence-corrected chi connectivity index (χ2v) is 7.06. The second-order valence-electron chi connectivity index (χ2n) is 7.06. The van der Waals surface area contributed by atoms with Crippen molar-refractivity contribution in [1.29, 1.82) is 0 Å². The van der Waals surface area contributed by atoms with Gasteiger partial charge in [0.25, 0.3) is 0 Å². The molecule has 6 heteroatoms. The van der Waals surface area contributed by atoms with E-state index in [4.69, 9.17) is 9.73 Å². The average Bonchev–Trinajstić information content (AvgIpc) is 3.17. The third kappa shape index (κ3) is 4.02. The zero-order chi connectivity index (χ0) is 19.3. The lowest BCUT2D eigenvalue weighted by molar-refractivity contribution is -0.00805. The highest BCUT2D eigenvalue weighted by Crippen LogP contribution is 2.22. The Labute approximate surface area is 165 Å². The van der Waals surface area contributed by atoms with Crippen LogP contribution in [0.5, 0.6) is 0 Å². The van der Waals surface area contributed by atoms with Crippen LogP contribution in [0.15, 0.2) is 59.9 Å². The number of aromatic nitrogens is 2. The Morgan fingerprint density at radius 3 is 2.93 bits per heavy atom. The fourth-order valence-corrected chi connectivity index (χ4v) is 3.67. The van der Waals surface area contributed by atoms with Gasteiger partial charge in [-0.15, -0.1) is 0 Å². The van der Waals surface area contributed by atoms with E-state index in [0.717, 1.165) is 31.2 Å². The first kappa shape index (κ1) is 18.5. The van der Waals surface area contributed by atoms with Gasteiger partial charge in [0.1, 0.15) is 6.10 Å². The maximum absolute atomic E-state index is 5.98. The fourth-order valence-electron chi connectivity index (χ4n) is 3.67. The number of rotatable bonds is 4. The van der Waals surface area contributed by atoms with Crippen molar-refractivity contribution in [2.75, 3.05) is 26.2 Å². The Kier molecular flexibility index (Phi) is 5.58. The lowest BCUT2D eigenvalue weighted by Crippen LogP contribution is -2.48. The monoisotopic (exact) mass is 377 g/mol. The van der Waals surface area contributed by atoms with E-state index in [1.165, 1.54) is 16.3 Å². The predicted molar refractivity (Wildman–Crippen MR) is 112 cm³/mol. The predicted octanol–water partition coefficient (Wildman–Crippen LogP) is 3.11. The Bertz CT molecular complexity index is 959. The van der Waals surface area contributed by atoms with Crippen LogP contribution in [0.4, 0.5) is 0 Å². The SMILES string of the molecule is CCNC(=NCc1cccc2ccccc12)N1CCOC(c2cnn(C)c2)C1. The van der Waals surface area contributed by atoms with E-state index < -0.39 is 0 Å². The molecule has 1 saturated heterocycles. The van der Waals surface area contributed by atoms with Crippen LogP contribution in [0.3, 0.4) is 0 Å². The molecule has 0 amide bonds. The number of ether oxygens (including phenoxy) is 1. The average molecular weight is 377 g/mol.